The number of ether oxygens (including phenoxy) is 1. The van der Waals surface area contributed by atoms with E-state index < -0.39 is 0 Å². The van der Waals surface area contributed by atoms with Crippen LogP contribution in [0.1, 0.15) is 27.7 Å². The Morgan fingerprint density at radius 3 is 2.65 bits per heavy atom. The summed E-state index contributed by atoms with van der Waals surface area (Å²) in [6, 6.07) is 0. The molecule has 2 atom stereocenters. The maximum atomic E-state index is 11.5. The van der Waals surface area contributed by atoms with Crippen molar-refractivity contribution in [2.75, 3.05) is 13.7 Å². The Balaban J connectivity index is 2.64. The summed E-state index contributed by atoms with van der Waals surface area (Å²) >= 11 is 0. The van der Waals surface area contributed by atoms with E-state index in [1.54, 1.807) is 6.21 Å². The van der Waals surface area contributed by atoms with Crippen LogP contribution in [0.4, 0.5) is 0 Å². The third-order valence-electron chi connectivity index (χ3n) is 3.27. The molecule has 0 amide bonds. The van der Waals surface area contributed by atoms with Gasteiger partial charge in [0.05, 0.1) is 19.2 Å². The highest BCUT2D eigenvalue weighted by Gasteiger charge is 2.61. The lowest BCUT2D eigenvalue weighted by atomic mass is 10.1. The fourth-order valence-electron chi connectivity index (χ4n) is 2.09. The monoisotopic (exact) mass is 239 g/mol. The number of allylic oxidation sites excluding steroid dienone is 2. The lowest BCUT2D eigenvalue weighted by Gasteiger charge is -1.99. The van der Waals surface area contributed by atoms with Crippen LogP contribution in [0.3, 0.4) is 0 Å². The second-order valence-electron chi connectivity index (χ2n) is 4.91. The van der Waals surface area contributed by atoms with E-state index in [0.29, 0.717) is 6.61 Å². The summed E-state index contributed by atoms with van der Waals surface area (Å²) in [5, 5.41) is 3.80. The fraction of sp³-hybridized carbons (Fsp3) is 0.692. The van der Waals surface area contributed by atoms with Gasteiger partial charge in [-0.25, -0.2) is 0 Å². The van der Waals surface area contributed by atoms with Crippen molar-refractivity contribution < 1.29 is 14.4 Å². The van der Waals surface area contributed by atoms with E-state index in [1.807, 2.05) is 13.8 Å². The first kappa shape index (κ1) is 13.7. The van der Waals surface area contributed by atoms with Crippen LogP contribution >= 0.6 is 0 Å². The molecule has 0 aromatic rings. The summed E-state index contributed by atoms with van der Waals surface area (Å²) in [4.78, 5) is 16.4. The van der Waals surface area contributed by atoms with E-state index in [4.69, 9.17) is 9.57 Å². The predicted molar refractivity (Wildman–Crippen MR) is 66.7 cm³/mol. The molecule has 0 heterocycles. The minimum atomic E-state index is -0.134. The number of oxime groups is 1. The summed E-state index contributed by atoms with van der Waals surface area (Å²) in [5.41, 5.74) is 0.983. The first-order valence-electron chi connectivity index (χ1n) is 5.86. The Kier molecular flexibility index (Phi) is 4.32. The molecule has 1 rings (SSSR count). The standard InChI is InChI=1S/C13H21NO3/c1-6-17-14-8-9(2)7-10-11(12(15)16-5)13(10,3)4/h7-8,10-11H,6H2,1-5H3/b9-7+,14-8+/t10-,11+/m1/s1. The van der Waals surface area contributed by atoms with Crippen molar-refractivity contribution >= 4 is 12.2 Å². The molecule has 0 unspecified atom stereocenters. The Hall–Kier alpha value is -1.32. The highest BCUT2D eigenvalue weighted by atomic mass is 16.6. The number of nitrogens with zero attached hydrogens (tertiary/aromatic N) is 1. The zero-order valence-corrected chi connectivity index (χ0v) is 11.2. The first-order valence-corrected chi connectivity index (χ1v) is 5.86. The van der Waals surface area contributed by atoms with Crippen molar-refractivity contribution in [2.24, 2.45) is 22.4 Å². The van der Waals surface area contributed by atoms with Crippen molar-refractivity contribution in [2.45, 2.75) is 27.7 Å². The van der Waals surface area contributed by atoms with Crippen molar-refractivity contribution in [3.63, 3.8) is 0 Å². The van der Waals surface area contributed by atoms with Gasteiger partial charge in [-0.05, 0) is 30.8 Å². The highest BCUT2D eigenvalue weighted by Crippen LogP contribution is 2.59. The summed E-state index contributed by atoms with van der Waals surface area (Å²) < 4.78 is 4.79. The minimum absolute atomic E-state index is 0.0200. The highest BCUT2D eigenvalue weighted by molar-refractivity contribution is 5.80. The van der Waals surface area contributed by atoms with Crippen molar-refractivity contribution in [1.29, 1.82) is 0 Å². The number of hydrogen-bond acceptors (Lipinski definition) is 4. The van der Waals surface area contributed by atoms with Gasteiger partial charge in [-0.3, -0.25) is 4.79 Å². The van der Waals surface area contributed by atoms with E-state index >= 15 is 0 Å². The topological polar surface area (TPSA) is 47.9 Å². The molecule has 4 heteroatoms. The summed E-state index contributed by atoms with van der Waals surface area (Å²) in [5.74, 6) is 0.0526. The lowest BCUT2D eigenvalue weighted by molar-refractivity contribution is -0.143. The average Bonchev–Trinajstić information content (AvgIpc) is 2.80. The van der Waals surface area contributed by atoms with Gasteiger partial charge < -0.3 is 9.57 Å². The quantitative estimate of drug-likeness (QED) is 0.420. The number of hydrogen-bond donors (Lipinski definition) is 0. The third-order valence-corrected chi connectivity index (χ3v) is 3.27. The largest absolute Gasteiger partial charge is 0.469 e. The average molecular weight is 239 g/mol. The molecule has 1 saturated carbocycles. The maximum Gasteiger partial charge on any atom is 0.309 e. The number of rotatable bonds is 5. The van der Waals surface area contributed by atoms with Gasteiger partial charge in [0.15, 0.2) is 0 Å². The van der Waals surface area contributed by atoms with Gasteiger partial charge in [-0.1, -0.05) is 25.1 Å². The van der Waals surface area contributed by atoms with Crippen LogP contribution in [0.5, 0.6) is 0 Å². The molecule has 0 N–H and O–H groups in total. The van der Waals surface area contributed by atoms with Crippen LogP contribution in [0, 0.1) is 17.3 Å². The van der Waals surface area contributed by atoms with Crippen LogP contribution in [0.2, 0.25) is 0 Å². The van der Waals surface area contributed by atoms with E-state index in [2.05, 4.69) is 25.1 Å². The smallest absolute Gasteiger partial charge is 0.309 e. The summed E-state index contributed by atoms with van der Waals surface area (Å²) in [7, 11) is 1.43. The molecule has 0 aromatic heterocycles. The molecule has 4 nitrogen and oxygen atoms in total. The van der Waals surface area contributed by atoms with E-state index in [9.17, 15) is 4.79 Å². The molecule has 0 radical (unpaired) electrons. The SMILES string of the molecule is CCO/N=C/C(C)=C/[C@@H]1[C@@H](C(=O)OC)C1(C)C. The number of carbonyl (C=O) groups excluding carboxylic acids is 1. The van der Waals surface area contributed by atoms with Gasteiger partial charge in [0, 0.05) is 0 Å². The molecule has 0 spiro atoms. The summed E-state index contributed by atoms with van der Waals surface area (Å²) in [6.07, 6.45) is 3.73. The molecule has 17 heavy (non-hydrogen) atoms. The van der Waals surface area contributed by atoms with E-state index in [0.717, 1.165) is 5.57 Å². The maximum absolute atomic E-state index is 11.5. The molecule has 0 bridgehead atoms. The number of esters is 1. The van der Waals surface area contributed by atoms with Crippen LogP contribution in [0.15, 0.2) is 16.8 Å². The van der Waals surface area contributed by atoms with Gasteiger partial charge in [-0.15, -0.1) is 0 Å². The van der Waals surface area contributed by atoms with Crippen molar-refractivity contribution in [3.05, 3.63) is 11.6 Å². The first-order chi connectivity index (χ1) is 7.95. The molecule has 1 aliphatic carbocycles. The van der Waals surface area contributed by atoms with Crippen molar-refractivity contribution in [1.82, 2.24) is 0 Å². The van der Waals surface area contributed by atoms with Crippen LogP contribution in [-0.2, 0) is 14.4 Å². The van der Waals surface area contributed by atoms with Gasteiger partial charge in [-0.2, -0.15) is 0 Å². The van der Waals surface area contributed by atoms with Crippen LogP contribution in [-0.4, -0.2) is 25.9 Å². The van der Waals surface area contributed by atoms with Gasteiger partial charge in [0.2, 0.25) is 0 Å². The van der Waals surface area contributed by atoms with E-state index in [1.165, 1.54) is 7.11 Å². The van der Waals surface area contributed by atoms with Gasteiger partial charge in [0.25, 0.3) is 0 Å². The number of methoxy groups -OCH3 is 1. The zero-order chi connectivity index (χ0) is 13.1. The third kappa shape index (κ3) is 3.08. The minimum Gasteiger partial charge on any atom is -0.469 e. The van der Waals surface area contributed by atoms with Crippen LogP contribution < -0.4 is 0 Å². The molecular weight excluding hydrogens is 218 g/mol. The Labute approximate surface area is 103 Å². The molecule has 0 aromatic carbocycles. The fourth-order valence-corrected chi connectivity index (χ4v) is 2.09. The Morgan fingerprint density at radius 1 is 1.47 bits per heavy atom. The number of carbonyl (C=O) groups is 1. The zero-order valence-electron chi connectivity index (χ0n) is 11.2. The molecule has 1 aliphatic rings. The van der Waals surface area contributed by atoms with Crippen LogP contribution in [0.25, 0.3) is 0 Å². The van der Waals surface area contributed by atoms with Crippen molar-refractivity contribution in [3.8, 4) is 0 Å². The predicted octanol–water partition coefficient (Wildman–Crippen LogP) is 2.40. The molecule has 96 valence electrons. The van der Waals surface area contributed by atoms with Gasteiger partial charge in [0.1, 0.15) is 6.61 Å². The molecular formula is C13H21NO3. The Morgan fingerprint density at radius 2 is 2.12 bits per heavy atom. The molecule has 0 aliphatic heterocycles. The van der Waals surface area contributed by atoms with E-state index in [-0.39, 0.29) is 23.2 Å². The second-order valence-corrected chi connectivity index (χ2v) is 4.91. The van der Waals surface area contributed by atoms with Gasteiger partial charge >= 0.3 is 5.97 Å². The molecule has 1 fully saturated rings. The lowest BCUT2D eigenvalue weighted by Crippen LogP contribution is -2.07. The Bertz CT molecular complexity index is 345. The normalized spacial score (nSPS) is 27.0. The summed E-state index contributed by atoms with van der Waals surface area (Å²) in [6.45, 7) is 8.54. The second kappa shape index (κ2) is 5.34. The molecule has 0 saturated heterocycles.